The maximum absolute atomic E-state index is 12.6. The SMILES string of the molecule is C=C(C(=O)C(=N)C(C)=C(C)N)c1cnc2c(c1)C=C(c1ccc(CC(=O)O)cc1)C2. The summed E-state index contributed by atoms with van der Waals surface area (Å²) in [7, 11) is 0. The molecule has 0 saturated carbocycles. The summed E-state index contributed by atoms with van der Waals surface area (Å²) in [5.74, 6) is -1.34. The standard InChI is InChI=1S/C24H23N3O3/c1-13(15(3)25)23(26)24(30)14(2)20-10-19-9-18(11-21(19)27-12-20)17-6-4-16(5-7-17)8-22(28)29/h4-7,9-10,12,26H,2,8,11,25H2,1,3H3,(H,28,29). The normalized spacial score (nSPS) is 13.2. The molecule has 0 spiro atoms. The van der Waals surface area contributed by atoms with Crippen molar-refractivity contribution in [2.45, 2.75) is 26.7 Å². The minimum Gasteiger partial charge on any atom is -0.481 e. The molecule has 0 saturated heterocycles. The van der Waals surface area contributed by atoms with Gasteiger partial charge in [0.05, 0.1) is 12.1 Å². The number of aromatic nitrogens is 1. The summed E-state index contributed by atoms with van der Waals surface area (Å²) in [6, 6.07) is 9.30. The zero-order chi connectivity index (χ0) is 22.0. The number of carbonyl (C=O) groups excluding carboxylic acids is 1. The molecule has 6 heteroatoms. The maximum Gasteiger partial charge on any atom is 0.307 e. The van der Waals surface area contributed by atoms with E-state index < -0.39 is 11.8 Å². The summed E-state index contributed by atoms with van der Waals surface area (Å²) >= 11 is 0. The van der Waals surface area contributed by atoms with Gasteiger partial charge in [-0.3, -0.25) is 20.0 Å². The number of fused-ring (bicyclic) bond motifs is 1. The highest BCUT2D eigenvalue weighted by Gasteiger charge is 2.21. The van der Waals surface area contributed by atoms with Crippen LogP contribution in [-0.2, 0) is 22.4 Å². The first kappa shape index (κ1) is 20.9. The molecular weight excluding hydrogens is 378 g/mol. The molecule has 1 aromatic carbocycles. The fraction of sp³-hybridized carbons (Fsp3) is 0.167. The van der Waals surface area contributed by atoms with Gasteiger partial charge in [0, 0.05) is 29.5 Å². The molecule has 0 atom stereocenters. The Kier molecular flexibility index (Phi) is 5.78. The molecule has 3 rings (SSSR count). The zero-order valence-electron chi connectivity index (χ0n) is 17.0. The first-order chi connectivity index (χ1) is 14.2. The quantitative estimate of drug-likeness (QED) is 0.483. The fourth-order valence-corrected chi connectivity index (χ4v) is 3.21. The van der Waals surface area contributed by atoms with Crippen molar-refractivity contribution in [2.24, 2.45) is 5.73 Å². The van der Waals surface area contributed by atoms with Crippen LogP contribution in [0.3, 0.4) is 0 Å². The highest BCUT2D eigenvalue weighted by molar-refractivity contribution is 6.58. The monoisotopic (exact) mass is 401 g/mol. The molecule has 1 aliphatic rings. The summed E-state index contributed by atoms with van der Waals surface area (Å²) in [5.41, 5.74) is 11.8. The molecule has 4 N–H and O–H groups in total. The number of aliphatic carboxylic acids is 1. The van der Waals surface area contributed by atoms with Crippen molar-refractivity contribution in [3.63, 3.8) is 0 Å². The number of allylic oxidation sites excluding steroid dienone is 4. The van der Waals surface area contributed by atoms with Crippen LogP contribution in [0.4, 0.5) is 0 Å². The Morgan fingerprint density at radius 1 is 1.23 bits per heavy atom. The van der Waals surface area contributed by atoms with Crippen LogP contribution in [0.25, 0.3) is 17.2 Å². The molecule has 1 heterocycles. The van der Waals surface area contributed by atoms with Gasteiger partial charge >= 0.3 is 5.97 Å². The molecule has 152 valence electrons. The molecule has 2 aromatic rings. The van der Waals surface area contributed by atoms with Gasteiger partial charge in [-0.2, -0.15) is 0 Å². The minimum atomic E-state index is -0.859. The molecule has 0 bridgehead atoms. The van der Waals surface area contributed by atoms with Crippen molar-refractivity contribution in [1.82, 2.24) is 4.98 Å². The summed E-state index contributed by atoms with van der Waals surface area (Å²) < 4.78 is 0. The van der Waals surface area contributed by atoms with E-state index in [4.69, 9.17) is 16.2 Å². The number of pyridine rings is 1. The van der Waals surface area contributed by atoms with E-state index in [2.05, 4.69) is 11.6 Å². The summed E-state index contributed by atoms with van der Waals surface area (Å²) in [6.45, 7) is 7.15. The first-order valence-corrected chi connectivity index (χ1v) is 9.43. The summed E-state index contributed by atoms with van der Waals surface area (Å²) in [5, 5.41) is 16.9. The molecule has 0 fully saturated rings. The van der Waals surface area contributed by atoms with Crippen LogP contribution in [0.5, 0.6) is 0 Å². The van der Waals surface area contributed by atoms with Gasteiger partial charge in [-0.25, -0.2) is 0 Å². The Balaban J connectivity index is 1.82. The first-order valence-electron chi connectivity index (χ1n) is 9.43. The number of nitrogens with zero attached hydrogens (tertiary/aromatic N) is 1. The van der Waals surface area contributed by atoms with Gasteiger partial charge in [0.1, 0.15) is 5.71 Å². The third-order valence-electron chi connectivity index (χ3n) is 5.19. The number of nitrogens with two attached hydrogens (primary N) is 1. The van der Waals surface area contributed by atoms with E-state index in [0.29, 0.717) is 23.3 Å². The largest absolute Gasteiger partial charge is 0.481 e. The molecule has 0 amide bonds. The van der Waals surface area contributed by atoms with Gasteiger partial charge in [-0.1, -0.05) is 30.8 Å². The average molecular weight is 401 g/mol. The van der Waals surface area contributed by atoms with E-state index in [-0.39, 0.29) is 17.7 Å². The topological polar surface area (TPSA) is 117 Å². The van der Waals surface area contributed by atoms with Crippen LogP contribution in [-0.4, -0.2) is 27.6 Å². The summed E-state index contributed by atoms with van der Waals surface area (Å²) in [4.78, 5) is 27.9. The van der Waals surface area contributed by atoms with Crippen LogP contribution < -0.4 is 5.73 Å². The number of carboxylic acid groups (broad SMARTS) is 1. The van der Waals surface area contributed by atoms with Crippen molar-refractivity contribution < 1.29 is 14.7 Å². The number of rotatable bonds is 7. The average Bonchev–Trinajstić information content (AvgIpc) is 3.14. The van der Waals surface area contributed by atoms with E-state index >= 15 is 0 Å². The lowest BCUT2D eigenvalue weighted by atomic mass is 9.96. The number of hydrogen-bond acceptors (Lipinski definition) is 5. The van der Waals surface area contributed by atoms with Crippen molar-refractivity contribution in [1.29, 1.82) is 5.41 Å². The lowest BCUT2D eigenvalue weighted by molar-refractivity contribution is -0.136. The third kappa shape index (κ3) is 4.27. The van der Waals surface area contributed by atoms with Gasteiger partial charge in [0.25, 0.3) is 0 Å². The minimum absolute atomic E-state index is 0.00599. The van der Waals surface area contributed by atoms with E-state index in [9.17, 15) is 9.59 Å². The number of Topliss-reactive ketones (excluding diaryl/α,β-unsaturated/α-hetero) is 1. The number of hydrogen-bond donors (Lipinski definition) is 3. The van der Waals surface area contributed by atoms with Gasteiger partial charge in [0.2, 0.25) is 5.78 Å². The van der Waals surface area contributed by atoms with Gasteiger partial charge < -0.3 is 10.8 Å². The van der Waals surface area contributed by atoms with Crippen molar-refractivity contribution >= 4 is 34.7 Å². The lowest BCUT2D eigenvalue weighted by Gasteiger charge is -2.09. The molecule has 30 heavy (non-hydrogen) atoms. The third-order valence-corrected chi connectivity index (χ3v) is 5.19. The summed E-state index contributed by atoms with van der Waals surface area (Å²) in [6.07, 6.45) is 4.26. The predicted molar refractivity (Wildman–Crippen MR) is 118 cm³/mol. The predicted octanol–water partition coefficient (Wildman–Crippen LogP) is 3.66. The van der Waals surface area contributed by atoms with Crippen LogP contribution in [0.15, 0.2) is 54.4 Å². The Hall–Kier alpha value is -3.80. The Morgan fingerprint density at radius 2 is 1.90 bits per heavy atom. The van der Waals surface area contributed by atoms with Gasteiger partial charge in [-0.15, -0.1) is 0 Å². The van der Waals surface area contributed by atoms with Crippen LogP contribution in [0.1, 0.15) is 41.8 Å². The van der Waals surface area contributed by atoms with Crippen molar-refractivity contribution in [3.8, 4) is 0 Å². The van der Waals surface area contributed by atoms with E-state index in [0.717, 1.165) is 28.0 Å². The zero-order valence-corrected chi connectivity index (χ0v) is 17.0. The second-order valence-corrected chi connectivity index (χ2v) is 7.36. The molecule has 0 unspecified atom stereocenters. The van der Waals surface area contributed by atoms with Crippen molar-refractivity contribution in [3.05, 3.63) is 82.3 Å². The van der Waals surface area contributed by atoms with Crippen LogP contribution in [0, 0.1) is 5.41 Å². The maximum atomic E-state index is 12.6. The molecule has 0 aliphatic heterocycles. The lowest BCUT2D eigenvalue weighted by Crippen LogP contribution is -2.18. The van der Waals surface area contributed by atoms with Crippen LogP contribution >= 0.6 is 0 Å². The van der Waals surface area contributed by atoms with Gasteiger partial charge in [0.15, 0.2) is 0 Å². The number of carboxylic acids is 1. The van der Waals surface area contributed by atoms with E-state index in [1.165, 1.54) is 0 Å². The number of benzene rings is 1. The second-order valence-electron chi connectivity index (χ2n) is 7.36. The molecule has 1 aliphatic carbocycles. The molecule has 1 aromatic heterocycles. The Morgan fingerprint density at radius 3 is 2.50 bits per heavy atom. The highest BCUT2D eigenvalue weighted by Crippen LogP contribution is 2.32. The Labute approximate surface area is 175 Å². The fourth-order valence-electron chi connectivity index (χ4n) is 3.21. The number of nitrogens with one attached hydrogen (secondary N) is 1. The number of ketones is 1. The second kappa shape index (κ2) is 8.29. The smallest absolute Gasteiger partial charge is 0.307 e. The van der Waals surface area contributed by atoms with E-state index in [1.807, 2.05) is 36.4 Å². The molecule has 0 radical (unpaired) electrons. The molecule has 6 nitrogen and oxygen atoms in total. The van der Waals surface area contributed by atoms with Crippen LogP contribution in [0.2, 0.25) is 0 Å². The van der Waals surface area contributed by atoms with Crippen molar-refractivity contribution in [2.75, 3.05) is 0 Å². The molecular formula is C24H23N3O3. The number of carbonyl (C=O) groups is 2. The van der Waals surface area contributed by atoms with Gasteiger partial charge in [-0.05, 0) is 53.8 Å². The van der Waals surface area contributed by atoms with E-state index in [1.54, 1.807) is 20.0 Å². The Bertz CT molecular complexity index is 1130. The highest BCUT2D eigenvalue weighted by atomic mass is 16.4.